The summed E-state index contributed by atoms with van der Waals surface area (Å²) in [5, 5.41) is 2.83. The number of nitrogens with zero attached hydrogens (tertiary/aromatic N) is 1. The van der Waals surface area contributed by atoms with Crippen LogP contribution >= 0.6 is 11.3 Å². The lowest BCUT2D eigenvalue weighted by atomic mass is 10.1. The van der Waals surface area contributed by atoms with E-state index < -0.39 is 10.0 Å². The van der Waals surface area contributed by atoms with Crippen molar-refractivity contribution in [3.63, 3.8) is 0 Å². The van der Waals surface area contributed by atoms with Gasteiger partial charge in [0.15, 0.2) is 5.76 Å². The van der Waals surface area contributed by atoms with Crippen molar-refractivity contribution in [2.75, 3.05) is 13.1 Å². The molecule has 1 saturated heterocycles. The summed E-state index contributed by atoms with van der Waals surface area (Å²) >= 11 is 1.20. The lowest BCUT2D eigenvalue weighted by Gasteiger charge is -2.25. The zero-order valence-electron chi connectivity index (χ0n) is 15.8. The van der Waals surface area contributed by atoms with Crippen LogP contribution in [-0.2, 0) is 16.6 Å². The van der Waals surface area contributed by atoms with E-state index in [1.807, 2.05) is 30.3 Å². The van der Waals surface area contributed by atoms with Crippen LogP contribution < -0.4 is 5.32 Å². The standard InChI is InChI=1S/C21H22N2O4S2/c24-21(20-18(11-14-27-20)16-7-3-1-4-8-16)22-15-17-9-10-19(28-17)29(25,26)23-12-5-2-6-13-23/h1,3-4,7-11,14H,2,5-6,12-13,15H2,(H,22,24). The first-order valence-corrected chi connectivity index (χ1v) is 11.8. The van der Waals surface area contributed by atoms with E-state index in [1.54, 1.807) is 22.5 Å². The predicted molar refractivity (Wildman–Crippen MR) is 112 cm³/mol. The second-order valence-corrected chi connectivity index (χ2v) is 10.2. The fourth-order valence-electron chi connectivity index (χ4n) is 3.40. The average Bonchev–Trinajstić information content (AvgIpc) is 3.43. The minimum atomic E-state index is -3.45. The van der Waals surface area contributed by atoms with E-state index in [4.69, 9.17) is 4.42 Å². The number of hydrogen-bond donors (Lipinski definition) is 1. The van der Waals surface area contributed by atoms with Gasteiger partial charge in [-0.05, 0) is 36.6 Å². The maximum atomic E-state index is 12.8. The van der Waals surface area contributed by atoms with Crippen LogP contribution in [0.3, 0.4) is 0 Å². The summed E-state index contributed by atoms with van der Waals surface area (Å²) in [7, 11) is -3.45. The van der Waals surface area contributed by atoms with Crippen molar-refractivity contribution in [2.45, 2.75) is 30.0 Å². The minimum absolute atomic E-state index is 0.244. The van der Waals surface area contributed by atoms with Crippen LogP contribution in [-0.4, -0.2) is 31.7 Å². The van der Waals surface area contributed by atoms with Gasteiger partial charge in [0.25, 0.3) is 15.9 Å². The molecule has 0 atom stereocenters. The molecule has 1 amide bonds. The molecule has 1 aromatic carbocycles. The summed E-state index contributed by atoms with van der Waals surface area (Å²) in [4.78, 5) is 13.4. The van der Waals surface area contributed by atoms with Gasteiger partial charge in [0.05, 0.1) is 12.8 Å². The number of carbonyl (C=O) groups excluding carboxylic acids is 1. The van der Waals surface area contributed by atoms with E-state index in [9.17, 15) is 13.2 Å². The second kappa shape index (κ2) is 8.52. The first kappa shape index (κ1) is 19.9. The Bertz CT molecular complexity index is 1080. The third-order valence-corrected chi connectivity index (χ3v) is 8.38. The first-order chi connectivity index (χ1) is 14.1. The third-order valence-electron chi connectivity index (χ3n) is 4.93. The zero-order valence-corrected chi connectivity index (χ0v) is 17.5. The number of amides is 1. The van der Waals surface area contributed by atoms with Crippen LogP contribution in [0.4, 0.5) is 0 Å². The van der Waals surface area contributed by atoms with Gasteiger partial charge in [0, 0.05) is 23.5 Å². The number of furan rings is 1. The van der Waals surface area contributed by atoms with Crippen LogP contribution in [0.2, 0.25) is 0 Å². The normalized spacial score (nSPS) is 15.3. The molecule has 0 saturated carbocycles. The summed E-state index contributed by atoms with van der Waals surface area (Å²) < 4.78 is 32.8. The lowest BCUT2D eigenvalue weighted by molar-refractivity contribution is 0.0924. The molecule has 1 N–H and O–H groups in total. The number of carbonyl (C=O) groups is 1. The van der Waals surface area contributed by atoms with Crippen molar-refractivity contribution in [1.29, 1.82) is 0 Å². The van der Waals surface area contributed by atoms with Gasteiger partial charge >= 0.3 is 0 Å². The quantitative estimate of drug-likeness (QED) is 0.638. The highest BCUT2D eigenvalue weighted by Gasteiger charge is 2.27. The Morgan fingerprint density at radius 1 is 1.03 bits per heavy atom. The van der Waals surface area contributed by atoms with Gasteiger partial charge < -0.3 is 9.73 Å². The molecule has 0 bridgehead atoms. The van der Waals surface area contributed by atoms with E-state index in [2.05, 4.69) is 5.32 Å². The van der Waals surface area contributed by atoms with E-state index in [-0.39, 0.29) is 18.2 Å². The Kier molecular flexibility index (Phi) is 5.84. The zero-order chi connectivity index (χ0) is 20.3. The maximum Gasteiger partial charge on any atom is 0.287 e. The highest BCUT2D eigenvalue weighted by molar-refractivity contribution is 7.91. The molecular formula is C21H22N2O4S2. The molecule has 6 nitrogen and oxygen atoms in total. The van der Waals surface area contributed by atoms with Crippen LogP contribution in [0, 0.1) is 0 Å². The van der Waals surface area contributed by atoms with Crippen molar-refractivity contribution >= 4 is 27.3 Å². The molecule has 0 spiro atoms. The van der Waals surface area contributed by atoms with Crippen molar-refractivity contribution in [1.82, 2.24) is 9.62 Å². The summed E-state index contributed by atoms with van der Waals surface area (Å²) in [6, 6.07) is 14.7. The fourth-order valence-corrected chi connectivity index (χ4v) is 6.37. The van der Waals surface area contributed by atoms with Gasteiger partial charge in [-0.2, -0.15) is 4.31 Å². The van der Waals surface area contributed by atoms with Crippen molar-refractivity contribution in [3.05, 3.63) is 65.4 Å². The summed E-state index contributed by atoms with van der Waals surface area (Å²) in [6.45, 7) is 1.40. The predicted octanol–water partition coefficient (Wildman–Crippen LogP) is 4.11. The molecule has 2 aromatic heterocycles. The van der Waals surface area contributed by atoms with Gasteiger partial charge in [-0.3, -0.25) is 4.79 Å². The average molecular weight is 431 g/mol. The Morgan fingerprint density at radius 2 is 1.79 bits per heavy atom. The topological polar surface area (TPSA) is 79.6 Å². The molecule has 4 rings (SSSR count). The van der Waals surface area contributed by atoms with E-state index >= 15 is 0 Å². The van der Waals surface area contributed by atoms with Gasteiger partial charge in [-0.1, -0.05) is 36.8 Å². The van der Waals surface area contributed by atoms with Crippen molar-refractivity contribution in [3.8, 4) is 11.1 Å². The SMILES string of the molecule is O=C(NCc1ccc(S(=O)(=O)N2CCCCC2)s1)c1occc1-c1ccccc1. The molecule has 3 heterocycles. The van der Waals surface area contributed by atoms with Crippen LogP contribution in [0.5, 0.6) is 0 Å². The molecule has 1 aliphatic rings. The van der Waals surface area contributed by atoms with Crippen molar-refractivity contribution < 1.29 is 17.6 Å². The monoisotopic (exact) mass is 430 g/mol. The molecule has 0 aliphatic carbocycles. The number of thiophene rings is 1. The molecule has 0 radical (unpaired) electrons. The van der Waals surface area contributed by atoms with Gasteiger partial charge in [0.1, 0.15) is 4.21 Å². The molecule has 152 valence electrons. The number of hydrogen-bond acceptors (Lipinski definition) is 5. The molecule has 3 aromatic rings. The lowest BCUT2D eigenvalue weighted by Crippen LogP contribution is -2.35. The fraction of sp³-hybridized carbons (Fsp3) is 0.286. The number of nitrogens with one attached hydrogen (secondary N) is 1. The van der Waals surface area contributed by atoms with E-state index in [0.717, 1.165) is 35.3 Å². The molecular weight excluding hydrogens is 408 g/mol. The highest BCUT2D eigenvalue weighted by atomic mass is 32.2. The minimum Gasteiger partial charge on any atom is -0.459 e. The molecule has 0 unspecified atom stereocenters. The molecule has 1 aliphatic heterocycles. The summed E-state index contributed by atoms with van der Waals surface area (Å²) in [5.74, 6) is -0.0865. The highest BCUT2D eigenvalue weighted by Crippen LogP contribution is 2.28. The van der Waals surface area contributed by atoms with Crippen molar-refractivity contribution in [2.24, 2.45) is 0 Å². The Labute approximate surface area is 174 Å². The summed E-state index contributed by atoms with van der Waals surface area (Å²) in [5.41, 5.74) is 1.63. The number of piperidine rings is 1. The smallest absolute Gasteiger partial charge is 0.287 e. The Morgan fingerprint density at radius 3 is 2.55 bits per heavy atom. The van der Waals surface area contributed by atoms with Crippen LogP contribution in [0.15, 0.2) is 63.4 Å². The van der Waals surface area contributed by atoms with Crippen LogP contribution in [0.1, 0.15) is 34.7 Å². The Hall–Kier alpha value is -2.42. The van der Waals surface area contributed by atoms with E-state index in [1.165, 1.54) is 17.6 Å². The van der Waals surface area contributed by atoms with Gasteiger partial charge in [-0.15, -0.1) is 11.3 Å². The Balaban J connectivity index is 1.43. The molecule has 8 heteroatoms. The summed E-state index contributed by atoms with van der Waals surface area (Å²) in [6.07, 6.45) is 4.37. The van der Waals surface area contributed by atoms with Gasteiger partial charge in [0.2, 0.25) is 0 Å². The first-order valence-electron chi connectivity index (χ1n) is 9.56. The molecule has 1 fully saturated rings. The third kappa shape index (κ3) is 4.29. The second-order valence-electron chi connectivity index (χ2n) is 6.90. The molecule has 29 heavy (non-hydrogen) atoms. The van der Waals surface area contributed by atoms with Crippen LogP contribution in [0.25, 0.3) is 11.1 Å². The number of rotatable bonds is 6. The number of benzene rings is 1. The van der Waals surface area contributed by atoms with Gasteiger partial charge in [-0.25, -0.2) is 8.42 Å². The number of sulfonamides is 1. The largest absolute Gasteiger partial charge is 0.459 e. The maximum absolute atomic E-state index is 12.8. The van der Waals surface area contributed by atoms with E-state index in [0.29, 0.717) is 17.3 Å².